The van der Waals surface area contributed by atoms with Gasteiger partial charge < -0.3 is 5.32 Å². The second-order valence-electron chi connectivity index (χ2n) is 4.19. The van der Waals surface area contributed by atoms with E-state index in [9.17, 15) is 4.79 Å². The molecule has 0 saturated heterocycles. The average molecular weight is 418 g/mol. The van der Waals surface area contributed by atoms with Crippen LogP contribution in [-0.4, -0.2) is 11.2 Å². The van der Waals surface area contributed by atoms with Gasteiger partial charge in [-0.25, -0.2) is 0 Å². The molecule has 20 heavy (non-hydrogen) atoms. The molecule has 0 atom stereocenters. The summed E-state index contributed by atoms with van der Waals surface area (Å²) in [5, 5.41) is 4.18. The molecule has 104 valence electrons. The minimum atomic E-state index is -0.218. The molecule has 0 heterocycles. The van der Waals surface area contributed by atoms with Crippen LogP contribution >= 0.6 is 43.5 Å². The molecule has 0 aromatic heterocycles. The highest BCUT2D eigenvalue weighted by Crippen LogP contribution is 2.26. The monoisotopic (exact) mass is 415 g/mol. The minimum absolute atomic E-state index is 0.218. The van der Waals surface area contributed by atoms with Gasteiger partial charge in [0.25, 0.3) is 5.91 Å². The molecule has 2 aromatic rings. The molecule has 0 spiro atoms. The highest BCUT2D eigenvalue weighted by molar-refractivity contribution is 9.10. The van der Waals surface area contributed by atoms with E-state index in [1.54, 1.807) is 18.2 Å². The molecule has 0 fully saturated rings. The van der Waals surface area contributed by atoms with Gasteiger partial charge in [-0.2, -0.15) is 0 Å². The van der Waals surface area contributed by atoms with Gasteiger partial charge in [-0.15, -0.1) is 0 Å². The normalized spacial score (nSPS) is 10.3. The lowest BCUT2D eigenvalue weighted by Gasteiger charge is -2.08. The lowest BCUT2D eigenvalue weighted by Crippen LogP contribution is -2.12. The van der Waals surface area contributed by atoms with E-state index in [4.69, 9.17) is 11.6 Å². The Morgan fingerprint density at radius 3 is 2.50 bits per heavy atom. The first kappa shape index (κ1) is 15.5. The van der Waals surface area contributed by atoms with Crippen molar-refractivity contribution in [2.75, 3.05) is 10.6 Å². The van der Waals surface area contributed by atoms with Crippen molar-refractivity contribution in [1.82, 2.24) is 0 Å². The van der Waals surface area contributed by atoms with Gasteiger partial charge in [-0.3, -0.25) is 4.79 Å². The molecule has 0 aliphatic heterocycles. The van der Waals surface area contributed by atoms with E-state index in [0.29, 0.717) is 15.1 Å². The Morgan fingerprint density at radius 1 is 1.15 bits per heavy atom. The zero-order chi connectivity index (χ0) is 14.5. The third kappa shape index (κ3) is 3.84. The summed E-state index contributed by atoms with van der Waals surface area (Å²) in [6, 6.07) is 13.1. The van der Waals surface area contributed by atoms with Gasteiger partial charge in [0.2, 0.25) is 0 Å². The standard InChI is InChI=1S/C15H12Br2ClNO/c16-9-8-10-4-6-11(7-5-10)19-15(20)12-2-1-3-13(17)14(12)18/h1-7H,8-9H2,(H,19,20). The van der Waals surface area contributed by atoms with Gasteiger partial charge >= 0.3 is 0 Å². The Kier molecular flexibility index (Phi) is 5.64. The summed E-state index contributed by atoms with van der Waals surface area (Å²) in [5.74, 6) is -0.218. The fourth-order valence-electron chi connectivity index (χ4n) is 1.74. The molecular weight excluding hydrogens is 405 g/mol. The summed E-state index contributed by atoms with van der Waals surface area (Å²) < 4.78 is 0.708. The maximum absolute atomic E-state index is 12.2. The van der Waals surface area contributed by atoms with Crippen molar-refractivity contribution in [3.63, 3.8) is 0 Å². The summed E-state index contributed by atoms with van der Waals surface area (Å²) in [6.45, 7) is 0. The molecule has 0 radical (unpaired) electrons. The Labute approximate surface area is 139 Å². The second-order valence-corrected chi connectivity index (χ2v) is 6.22. The summed E-state index contributed by atoms with van der Waals surface area (Å²) in [7, 11) is 0. The number of aryl methyl sites for hydroxylation is 1. The van der Waals surface area contributed by atoms with Crippen molar-refractivity contribution in [2.45, 2.75) is 6.42 Å². The van der Waals surface area contributed by atoms with E-state index in [-0.39, 0.29) is 5.91 Å². The van der Waals surface area contributed by atoms with Crippen LogP contribution in [0.5, 0.6) is 0 Å². The van der Waals surface area contributed by atoms with Crippen molar-refractivity contribution in [3.05, 3.63) is 63.1 Å². The summed E-state index contributed by atoms with van der Waals surface area (Å²) in [6.07, 6.45) is 0.964. The number of anilines is 1. The number of nitrogens with one attached hydrogen (secondary N) is 1. The average Bonchev–Trinajstić information content (AvgIpc) is 2.44. The predicted octanol–water partition coefficient (Wildman–Crippen LogP) is 5.29. The second kappa shape index (κ2) is 7.25. The fraction of sp³-hybridized carbons (Fsp3) is 0.133. The van der Waals surface area contributed by atoms with Crippen LogP contribution in [0.4, 0.5) is 5.69 Å². The van der Waals surface area contributed by atoms with Crippen LogP contribution in [0.3, 0.4) is 0 Å². The Balaban J connectivity index is 2.13. The van der Waals surface area contributed by atoms with Crippen LogP contribution in [0, 0.1) is 0 Å². The number of halogens is 3. The SMILES string of the molecule is O=C(Nc1ccc(CCBr)cc1)c1cccc(Br)c1Cl. The number of benzene rings is 2. The lowest BCUT2D eigenvalue weighted by atomic mass is 10.1. The Bertz CT molecular complexity index is 614. The van der Waals surface area contributed by atoms with Crippen molar-refractivity contribution in [2.24, 2.45) is 0 Å². The van der Waals surface area contributed by atoms with Crippen molar-refractivity contribution < 1.29 is 4.79 Å². The number of hydrogen-bond donors (Lipinski definition) is 1. The molecule has 0 aliphatic carbocycles. The van der Waals surface area contributed by atoms with Gasteiger partial charge in [0, 0.05) is 15.5 Å². The van der Waals surface area contributed by atoms with E-state index in [1.807, 2.05) is 24.3 Å². The maximum Gasteiger partial charge on any atom is 0.257 e. The zero-order valence-electron chi connectivity index (χ0n) is 10.5. The summed E-state index contributed by atoms with van der Waals surface area (Å²) >= 11 is 12.8. The van der Waals surface area contributed by atoms with Gasteiger partial charge in [0.05, 0.1) is 10.6 Å². The van der Waals surface area contributed by atoms with E-state index in [0.717, 1.165) is 17.4 Å². The first-order valence-electron chi connectivity index (χ1n) is 6.02. The summed E-state index contributed by atoms with van der Waals surface area (Å²) in [4.78, 5) is 12.2. The predicted molar refractivity (Wildman–Crippen MR) is 91.0 cm³/mol. The topological polar surface area (TPSA) is 29.1 Å². The zero-order valence-corrected chi connectivity index (χ0v) is 14.4. The van der Waals surface area contributed by atoms with E-state index >= 15 is 0 Å². The Hall–Kier alpha value is -0.840. The molecular formula is C15H12Br2ClNO. The van der Waals surface area contributed by atoms with Crippen molar-refractivity contribution in [3.8, 4) is 0 Å². The molecule has 0 saturated carbocycles. The molecule has 1 amide bonds. The quantitative estimate of drug-likeness (QED) is 0.673. The summed E-state index contributed by atoms with van der Waals surface area (Å²) in [5.41, 5.74) is 2.43. The van der Waals surface area contributed by atoms with Gasteiger partial charge in [-0.1, -0.05) is 45.7 Å². The van der Waals surface area contributed by atoms with Crippen LogP contribution in [0.25, 0.3) is 0 Å². The first-order chi connectivity index (χ1) is 9.61. The minimum Gasteiger partial charge on any atom is -0.322 e. The lowest BCUT2D eigenvalue weighted by molar-refractivity contribution is 0.102. The molecule has 0 aliphatic rings. The molecule has 1 N–H and O–H groups in total. The van der Waals surface area contributed by atoms with E-state index < -0.39 is 0 Å². The number of amides is 1. The number of hydrogen-bond acceptors (Lipinski definition) is 1. The van der Waals surface area contributed by atoms with Gasteiger partial charge in [0.15, 0.2) is 0 Å². The van der Waals surface area contributed by atoms with Gasteiger partial charge in [0.1, 0.15) is 0 Å². The van der Waals surface area contributed by atoms with Crippen LogP contribution in [0.1, 0.15) is 15.9 Å². The van der Waals surface area contributed by atoms with Crippen molar-refractivity contribution in [1.29, 1.82) is 0 Å². The third-order valence-corrected chi connectivity index (χ3v) is 4.48. The maximum atomic E-state index is 12.2. The highest BCUT2D eigenvalue weighted by atomic mass is 79.9. The largest absolute Gasteiger partial charge is 0.322 e. The third-order valence-electron chi connectivity index (χ3n) is 2.79. The fourth-order valence-corrected chi connectivity index (χ4v) is 2.78. The van der Waals surface area contributed by atoms with Gasteiger partial charge in [-0.05, 0) is 52.2 Å². The van der Waals surface area contributed by atoms with Crippen LogP contribution in [-0.2, 0) is 6.42 Å². The number of carbonyl (C=O) groups is 1. The van der Waals surface area contributed by atoms with E-state index in [1.165, 1.54) is 5.56 Å². The first-order valence-corrected chi connectivity index (χ1v) is 8.31. The Morgan fingerprint density at radius 2 is 1.85 bits per heavy atom. The van der Waals surface area contributed by atoms with Crippen molar-refractivity contribution >= 4 is 55.1 Å². The van der Waals surface area contributed by atoms with Crippen LogP contribution in [0.15, 0.2) is 46.9 Å². The van der Waals surface area contributed by atoms with Crippen LogP contribution in [0.2, 0.25) is 5.02 Å². The molecule has 0 unspecified atom stereocenters. The molecule has 5 heteroatoms. The molecule has 2 rings (SSSR count). The molecule has 0 bridgehead atoms. The smallest absolute Gasteiger partial charge is 0.257 e. The van der Waals surface area contributed by atoms with Crippen LogP contribution < -0.4 is 5.32 Å². The van der Waals surface area contributed by atoms with E-state index in [2.05, 4.69) is 37.2 Å². The number of carbonyl (C=O) groups excluding carboxylic acids is 1. The molecule has 2 aromatic carbocycles. The highest BCUT2D eigenvalue weighted by Gasteiger charge is 2.12. The molecule has 2 nitrogen and oxygen atoms in total. The number of alkyl halides is 1. The number of rotatable bonds is 4.